The molecule has 1 aromatic carbocycles. The van der Waals surface area contributed by atoms with E-state index < -0.39 is 0 Å². The largest absolute Gasteiger partial charge is 0.324 e. The molecule has 0 unspecified atom stereocenters. The number of amides is 1. The number of rotatable bonds is 4. The molecular formula is C17H25ClN2O. The Morgan fingerprint density at radius 1 is 1.33 bits per heavy atom. The molecule has 4 heteroatoms. The van der Waals surface area contributed by atoms with E-state index in [1.54, 1.807) is 0 Å². The predicted octanol–water partition coefficient (Wildman–Crippen LogP) is 4.10. The van der Waals surface area contributed by atoms with Crippen LogP contribution in [0.2, 0.25) is 5.02 Å². The Hall–Kier alpha value is -1.06. The summed E-state index contributed by atoms with van der Waals surface area (Å²) in [6.45, 7) is 4.71. The molecule has 1 saturated carbocycles. The Kier molecular flexibility index (Phi) is 5.65. The lowest BCUT2D eigenvalue weighted by molar-refractivity contribution is -0.117. The maximum atomic E-state index is 12.2. The van der Waals surface area contributed by atoms with Crippen LogP contribution in [0.15, 0.2) is 18.2 Å². The lowest BCUT2D eigenvalue weighted by atomic mass is 9.87. The molecule has 1 N–H and O–H groups in total. The van der Waals surface area contributed by atoms with Gasteiger partial charge in [0.05, 0.1) is 17.3 Å². The van der Waals surface area contributed by atoms with Crippen LogP contribution in [-0.4, -0.2) is 30.4 Å². The fraction of sp³-hybridized carbons (Fsp3) is 0.588. The highest BCUT2D eigenvalue weighted by atomic mass is 35.5. The average Bonchev–Trinajstić information content (AvgIpc) is 2.42. The van der Waals surface area contributed by atoms with Gasteiger partial charge in [0.15, 0.2) is 0 Å². The van der Waals surface area contributed by atoms with Crippen LogP contribution in [0, 0.1) is 12.8 Å². The van der Waals surface area contributed by atoms with Crippen molar-refractivity contribution in [2.24, 2.45) is 5.92 Å². The van der Waals surface area contributed by atoms with Gasteiger partial charge in [-0.1, -0.05) is 24.6 Å². The minimum atomic E-state index is 0.00174. The highest BCUT2D eigenvalue weighted by Gasteiger charge is 2.23. The molecule has 0 atom stereocenters. The van der Waals surface area contributed by atoms with Gasteiger partial charge in [-0.05, 0) is 63.3 Å². The maximum Gasteiger partial charge on any atom is 0.238 e. The van der Waals surface area contributed by atoms with Crippen molar-refractivity contribution in [1.82, 2.24) is 4.90 Å². The van der Waals surface area contributed by atoms with Crippen LogP contribution in [0.1, 0.15) is 38.2 Å². The molecule has 0 heterocycles. The number of carbonyl (C=O) groups is 1. The van der Waals surface area contributed by atoms with Crippen molar-refractivity contribution < 1.29 is 4.79 Å². The summed E-state index contributed by atoms with van der Waals surface area (Å²) < 4.78 is 0. The quantitative estimate of drug-likeness (QED) is 0.908. The molecule has 0 aliphatic heterocycles. The molecule has 21 heavy (non-hydrogen) atoms. The molecule has 0 aromatic heterocycles. The Morgan fingerprint density at radius 3 is 2.62 bits per heavy atom. The van der Waals surface area contributed by atoms with E-state index in [1.165, 1.54) is 25.7 Å². The zero-order valence-corrected chi connectivity index (χ0v) is 13.9. The number of carbonyl (C=O) groups excluding carboxylic acids is 1. The van der Waals surface area contributed by atoms with E-state index in [0.29, 0.717) is 23.3 Å². The number of halogens is 1. The fourth-order valence-corrected chi connectivity index (χ4v) is 3.23. The normalized spacial score (nSPS) is 22.3. The van der Waals surface area contributed by atoms with Crippen LogP contribution in [0.4, 0.5) is 5.69 Å². The molecule has 1 aliphatic rings. The smallest absolute Gasteiger partial charge is 0.238 e. The molecule has 1 fully saturated rings. The van der Waals surface area contributed by atoms with Gasteiger partial charge in [-0.2, -0.15) is 0 Å². The van der Waals surface area contributed by atoms with Crippen LogP contribution in [0.25, 0.3) is 0 Å². The number of hydrogen-bond acceptors (Lipinski definition) is 2. The van der Waals surface area contributed by atoms with E-state index in [9.17, 15) is 4.79 Å². The number of anilines is 1. The van der Waals surface area contributed by atoms with Crippen molar-refractivity contribution in [1.29, 1.82) is 0 Å². The summed E-state index contributed by atoms with van der Waals surface area (Å²) in [4.78, 5) is 14.3. The van der Waals surface area contributed by atoms with Gasteiger partial charge in [-0.25, -0.2) is 0 Å². The van der Waals surface area contributed by atoms with Crippen LogP contribution in [0.5, 0.6) is 0 Å². The zero-order chi connectivity index (χ0) is 15.4. The van der Waals surface area contributed by atoms with Crippen molar-refractivity contribution in [3.05, 3.63) is 28.8 Å². The Morgan fingerprint density at radius 2 is 2.00 bits per heavy atom. The van der Waals surface area contributed by atoms with E-state index in [4.69, 9.17) is 11.6 Å². The minimum absolute atomic E-state index is 0.00174. The van der Waals surface area contributed by atoms with Gasteiger partial charge in [0.25, 0.3) is 0 Å². The van der Waals surface area contributed by atoms with Crippen LogP contribution >= 0.6 is 11.6 Å². The molecule has 0 spiro atoms. The SMILES string of the molecule is Cc1ccc(NC(=O)CN(C)C2CCC(C)CC2)c(Cl)c1. The third-order valence-corrected chi connectivity index (χ3v) is 4.71. The standard InChI is InChI=1S/C17H25ClN2O/c1-12-4-7-14(8-5-12)20(3)11-17(21)19-16-9-6-13(2)10-15(16)18/h6,9-10,12,14H,4-5,7-8,11H2,1-3H3,(H,19,21). The summed E-state index contributed by atoms with van der Waals surface area (Å²) in [5, 5.41) is 3.50. The molecule has 0 saturated heterocycles. The molecule has 2 rings (SSSR count). The summed E-state index contributed by atoms with van der Waals surface area (Å²) in [5.74, 6) is 0.830. The Balaban J connectivity index is 1.86. The van der Waals surface area contributed by atoms with Gasteiger partial charge in [0.2, 0.25) is 5.91 Å². The summed E-state index contributed by atoms with van der Waals surface area (Å²) in [7, 11) is 2.04. The summed E-state index contributed by atoms with van der Waals surface area (Å²) in [5.41, 5.74) is 1.78. The molecule has 0 radical (unpaired) electrons. The van der Waals surface area contributed by atoms with E-state index in [1.807, 2.05) is 32.2 Å². The summed E-state index contributed by atoms with van der Waals surface area (Å²) >= 11 is 6.15. The number of hydrogen-bond donors (Lipinski definition) is 1. The van der Waals surface area contributed by atoms with Gasteiger partial charge < -0.3 is 5.32 Å². The van der Waals surface area contributed by atoms with E-state index in [0.717, 1.165) is 11.5 Å². The lowest BCUT2D eigenvalue weighted by Gasteiger charge is -2.33. The van der Waals surface area contributed by atoms with Gasteiger partial charge in [-0.3, -0.25) is 9.69 Å². The molecule has 1 aromatic rings. The number of nitrogens with one attached hydrogen (secondary N) is 1. The third kappa shape index (κ3) is 4.72. The van der Waals surface area contributed by atoms with Crippen molar-refractivity contribution in [2.45, 2.75) is 45.6 Å². The second-order valence-electron chi connectivity index (χ2n) is 6.36. The number of aryl methyl sites for hydroxylation is 1. The van der Waals surface area contributed by atoms with Crippen molar-refractivity contribution in [3.8, 4) is 0 Å². The van der Waals surface area contributed by atoms with Crippen molar-refractivity contribution in [2.75, 3.05) is 18.9 Å². The first-order valence-corrected chi connectivity index (χ1v) is 8.09. The molecule has 116 valence electrons. The molecule has 1 amide bonds. The second-order valence-corrected chi connectivity index (χ2v) is 6.77. The summed E-state index contributed by atoms with van der Waals surface area (Å²) in [6, 6.07) is 6.20. The van der Waals surface area contributed by atoms with Gasteiger partial charge in [0.1, 0.15) is 0 Å². The third-order valence-electron chi connectivity index (χ3n) is 4.40. The van der Waals surface area contributed by atoms with Crippen LogP contribution < -0.4 is 5.32 Å². The van der Waals surface area contributed by atoms with Crippen molar-refractivity contribution >= 4 is 23.2 Å². The Labute approximate surface area is 132 Å². The fourth-order valence-electron chi connectivity index (χ4n) is 2.95. The molecular weight excluding hydrogens is 284 g/mol. The molecule has 3 nitrogen and oxygen atoms in total. The van der Waals surface area contributed by atoms with Crippen LogP contribution in [0.3, 0.4) is 0 Å². The second kappa shape index (κ2) is 7.28. The first-order chi connectivity index (χ1) is 9.95. The zero-order valence-electron chi connectivity index (χ0n) is 13.2. The van der Waals surface area contributed by atoms with E-state index >= 15 is 0 Å². The number of likely N-dealkylation sites (N-methyl/N-ethyl adjacent to an activating group) is 1. The van der Waals surface area contributed by atoms with Gasteiger partial charge in [-0.15, -0.1) is 0 Å². The molecule has 0 bridgehead atoms. The van der Waals surface area contributed by atoms with Crippen molar-refractivity contribution in [3.63, 3.8) is 0 Å². The summed E-state index contributed by atoms with van der Waals surface area (Å²) in [6.07, 6.45) is 4.91. The van der Waals surface area contributed by atoms with Gasteiger partial charge >= 0.3 is 0 Å². The highest BCUT2D eigenvalue weighted by molar-refractivity contribution is 6.33. The van der Waals surface area contributed by atoms with E-state index in [-0.39, 0.29) is 5.91 Å². The number of nitrogens with zero attached hydrogens (tertiary/aromatic N) is 1. The minimum Gasteiger partial charge on any atom is -0.324 e. The average molecular weight is 309 g/mol. The topological polar surface area (TPSA) is 32.3 Å². The first kappa shape index (κ1) is 16.3. The number of benzene rings is 1. The van der Waals surface area contributed by atoms with Crippen LogP contribution in [-0.2, 0) is 4.79 Å². The van der Waals surface area contributed by atoms with E-state index in [2.05, 4.69) is 17.1 Å². The first-order valence-electron chi connectivity index (χ1n) is 7.72. The van der Waals surface area contributed by atoms with Gasteiger partial charge in [0, 0.05) is 6.04 Å². The predicted molar refractivity (Wildman–Crippen MR) is 88.9 cm³/mol. The Bertz CT molecular complexity index is 496. The molecule has 1 aliphatic carbocycles. The monoisotopic (exact) mass is 308 g/mol. The highest BCUT2D eigenvalue weighted by Crippen LogP contribution is 2.26. The lowest BCUT2D eigenvalue weighted by Crippen LogP contribution is -2.39. The maximum absolute atomic E-state index is 12.2.